The Hall–Kier alpha value is -1.89. The summed E-state index contributed by atoms with van der Waals surface area (Å²) in [5, 5.41) is 22.0. The topological polar surface area (TPSA) is 104 Å². The molecule has 6 nitrogen and oxygen atoms in total. The summed E-state index contributed by atoms with van der Waals surface area (Å²) in [5.74, 6) is -4.41. The third-order valence-electron chi connectivity index (χ3n) is 2.62. The van der Waals surface area contributed by atoms with Crippen LogP contribution in [0.25, 0.3) is 0 Å². The predicted octanol–water partition coefficient (Wildman–Crippen LogP) is 0.971. The summed E-state index contributed by atoms with van der Waals surface area (Å²) in [6.07, 6.45) is 0.265. The van der Waals surface area contributed by atoms with Gasteiger partial charge in [0.05, 0.1) is 0 Å². The molecule has 0 saturated heterocycles. The third-order valence-corrected chi connectivity index (χ3v) is 3.52. The van der Waals surface area contributed by atoms with E-state index in [1.54, 1.807) is 19.1 Å². The van der Waals surface area contributed by atoms with Crippen LogP contribution in [0.3, 0.4) is 0 Å². The van der Waals surface area contributed by atoms with Crippen LogP contribution >= 0.6 is 11.3 Å². The van der Waals surface area contributed by atoms with Crippen LogP contribution in [0.4, 0.5) is 0 Å². The molecule has 0 spiro atoms. The monoisotopic (exact) mass is 285 g/mol. The van der Waals surface area contributed by atoms with E-state index in [4.69, 9.17) is 10.2 Å². The zero-order chi connectivity index (χ0) is 14.4. The van der Waals surface area contributed by atoms with Crippen LogP contribution in [-0.4, -0.2) is 34.1 Å². The molecule has 1 aromatic rings. The highest BCUT2D eigenvalue weighted by molar-refractivity contribution is 7.09. The Morgan fingerprint density at radius 1 is 1.32 bits per heavy atom. The molecule has 0 aliphatic heterocycles. The highest BCUT2D eigenvalue weighted by Gasteiger charge is 2.28. The van der Waals surface area contributed by atoms with Gasteiger partial charge in [-0.25, -0.2) is 4.79 Å². The Morgan fingerprint density at radius 3 is 2.42 bits per heavy atom. The molecule has 0 fully saturated rings. The van der Waals surface area contributed by atoms with E-state index in [0.29, 0.717) is 0 Å². The molecule has 0 aromatic carbocycles. The van der Waals surface area contributed by atoms with Gasteiger partial charge in [0.25, 0.3) is 0 Å². The van der Waals surface area contributed by atoms with Gasteiger partial charge in [-0.05, 0) is 17.9 Å². The predicted molar refractivity (Wildman–Crippen MR) is 69.0 cm³/mol. The van der Waals surface area contributed by atoms with Gasteiger partial charge >= 0.3 is 11.9 Å². The molecular weight excluding hydrogens is 270 g/mol. The van der Waals surface area contributed by atoms with Crippen LogP contribution < -0.4 is 5.32 Å². The van der Waals surface area contributed by atoms with E-state index in [-0.39, 0.29) is 12.8 Å². The van der Waals surface area contributed by atoms with Gasteiger partial charge in [-0.1, -0.05) is 13.0 Å². The van der Waals surface area contributed by atoms with Gasteiger partial charge in [-0.3, -0.25) is 9.59 Å². The molecule has 0 saturated carbocycles. The number of nitrogens with one attached hydrogen (secondary N) is 1. The first-order valence-electron chi connectivity index (χ1n) is 5.74. The molecule has 2 unspecified atom stereocenters. The van der Waals surface area contributed by atoms with E-state index in [0.717, 1.165) is 4.88 Å². The van der Waals surface area contributed by atoms with Gasteiger partial charge in [0.2, 0.25) is 5.91 Å². The van der Waals surface area contributed by atoms with Gasteiger partial charge < -0.3 is 15.5 Å². The normalized spacial score (nSPS) is 13.5. The summed E-state index contributed by atoms with van der Waals surface area (Å²) < 4.78 is 0. The Morgan fingerprint density at radius 2 is 2.00 bits per heavy atom. The van der Waals surface area contributed by atoms with E-state index in [9.17, 15) is 14.4 Å². The van der Waals surface area contributed by atoms with Gasteiger partial charge in [-0.2, -0.15) is 0 Å². The first kappa shape index (κ1) is 15.2. The lowest BCUT2D eigenvalue weighted by molar-refractivity contribution is -0.149. The first-order chi connectivity index (χ1) is 8.95. The zero-order valence-corrected chi connectivity index (χ0v) is 11.1. The van der Waals surface area contributed by atoms with Crippen molar-refractivity contribution < 1.29 is 24.6 Å². The van der Waals surface area contributed by atoms with Crippen LogP contribution in [0.1, 0.15) is 18.2 Å². The average molecular weight is 285 g/mol. The molecule has 19 heavy (non-hydrogen) atoms. The second kappa shape index (κ2) is 6.89. The molecular formula is C12H15NO5S. The summed E-state index contributed by atoms with van der Waals surface area (Å²) in [5.41, 5.74) is 0. The summed E-state index contributed by atoms with van der Waals surface area (Å²) in [6.45, 7) is 1.56. The van der Waals surface area contributed by atoms with Crippen molar-refractivity contribution in [2.75, 3.05) is 0 Å². The minimum absolute atomic E-state index is 0.118. The largest absolute Gasteiger partial charge is 0.481 e. The van der Waals surface area contributed by atoms with Crippen LogP contribution in [0.15, 0.2) is 17.5 Å². The summed E-state index contributed by atoms with van der Waals surface area (Å²) in [7, 11) is 0. The average Bonchev–Trinajstić information content (AvgIpc) is 2.81. The number of carbonyl (C=O) groups excluding carboxylic acids is 1. The molecule has 1 rings (SSSR count). The van der Waals surface area contributed by atoms with Gasteiger partial charge in [0, 0.05) is 11.3 Å². The van der Waals surface area contributed by atoms with E-state index in [1.165, 1.54) is 11.3 Å². The van der Waals surface area contributed by atoms with Crippen LogP contribution in [-0.2, 0) is 20.8 Å². The van der Waals surface area contributed by atoms with E-state index in [1.807, 2.05) is 5.38 Å². The number of hydrogen-bond acceptors (Lipinski definition) is 4. The van der Waals surface area contributed by atoms with Crippen LogP contribution in [0, 0.1) is 5.92 Å². The highest BCUT2D eigenvalue weighted by atomic mass is 32.1. The smallest absolute Gasteiger partial charge is 0.326 e. The molecule has 3 N–H and O–H groups in total. The minimum Gasteiger partial charge on any atom is -0.481 e. The lowest BCUT2D eigenvalue weighted by Gasteiger charge is -2.16. The first-order valence-corrected chi connectivity index (χ1v) is 6.62. The Balaban J connectivity index is 2.71. The SMILES string of the molecule is CCC(C(=O)O)C(=O)NC(Cc1cccs1)C(=O)O. The zero-order valence-electron chi connectivity index (χ0n) is 10.3. The van der Waals surface area contributed by atoms with Crippen molar-refractivity contribution in [1.29, 1.82) is 0 Å². The fraction of sp³-hybridized carbons (Fsp3) is 0.417. The molecule has 2 atom stereocenters. The van der Waals surface area contributed by atoms with E-state index < -0.39 is 29.8 Å². The quantitative estimate of drug-likeness (QED) is 0.648. The lowest BCUT2D eigenvalue weighted by atomic mass is 10.0. The maximum Gasteiger partial charge on any atom is 0.326 e. The van der Waals surface area contributed by atoms with Crippen molar-refractivity contribution in [3.63, 3.8) is 0 Å². The van der Waals surface area contributed by atoms with Crippen LogP contribution in [0.5, 0.6) is 0 Å². The molecule has 7 heteroatoms. The van der Waals surface area contributed by atoms with E-state index >= 15 is 0 Å². The van der Waals surface area contributed by atoms with Gasteiger partial charge in [0.1, 0.15) is 12.0 Å². The maximum atomic E-state index is 11.7. The number of carboxylic acids is 2. The number of thiophene rings is 1. The number of aliphatic carboxylic acids is 2. The molecule has 0 aliphatic carbocycles. The van der Waals surface area contributed by atoms with Gasteiger partial charge in [-0.15, -0.1) is 11.3 Å². The molecule has 104 valence electrons. The van der Waals surface area contributed by atoms with Crippen molar-refractivity contribution in [1.82, 2.24) is 5.32 Å². The fourth-order valence-corrected chi connectivity index (χ4v) is 2.33. The number of hydrogen-bond donors (Lipinski definition) is 3. The van der Waals surface area contributed by atoms with Crippen molar-refractivity contribution in [2.45, 2.75) is 25.8 Å². The Bertz CT molecular complexity index is 457. The number of carbonyl (C=O) groups is 3. The lowest BCUT2D eigenvalue weighted by Crippen LogP contribution is -2.46. The molecule has 0 radical (unpaired) electrons. The third kappa shape index (κ3) is 4.36. The highest BCUT2D eigenvalue weighted by Crippen LogP contribution is 2.12. The minimum atomic E-state index is -1.25. The van der Waals surface area contributed by atoms with Crippen molar-refractivity contribution >= 4 is 29.2 Å². The molecule has 0 bridgehead atoms. The number of rotatable bonds is 7. The molecule has 1 heterocycles. The van der Waals surface area contributed by atoms with Crippen molar-refractivity contribution in [3.8, 4) is 0 Å². The standard InChI is InChI=1S/C12H15NO5S/c1-2-8(11(15)16)10(14)13-9(12(17)18)6-7-4-3-5-19-7/h3-5,8-9H,2,6H2,1H3,(H,13,14)(H,15,16)(H,17,18). The molecule has 0 aliphatic rings. The van der Waals surface area contributed by atoms with Crippen LogP contribution in [0.2, 0.25) is 0 Å². The second-order valence-electron chi connectivity index (χ2n) is 3.98. The number of carboxylic acid groups (broad SMARTS) is 2. The Kier molecular flexibility index (Phi) is 5.50. The fourth-order valence-electron chi connectivity index (χ4n) is 1.57. The maximum absolute atomic E-state index is 11.7. The molecule has 1 amide bonds. The van der Waals surface area contributed by atoms with Gasteiger partial charge in [0.15, 0.2) is 0 Å². The van der Waals surface area contributed by atoms with E-state index in [2.05, 4.69) is 5.32 Å². The second-order valence-corrected chi connectivity index (χ2v) is 5.01. The summed E-state index contributed by atoms with van der Waals surface area (Å²) in [4.78, 5) is 34.4. The number of amides is 1. The van der Waals surface area contributed by atoms with Crippen molar-refractivity contribution in [3.05, 3.63) is 22.4 Å². The summed E-state index contributed by atoms with van der Waals surface area (Å²) >= 11 is 1.39. The molecule has 1 aromatic heterocycles. The Labute approximate surface area is 114 Å². The summed E-state index contributed by atoms with van der Waals surface area (Å²) in [6, 6.07) is 2.44. The van der Waals surface area contributed by atoms with Crippen molar-refractivity contribution in [2.24, 2.45) is 5.92 Å².